The highest BCUT2D eigenvalue weighted by Crippen LogP contribution is 2.40. The van der Waals surface area contributed by atoms with E-state index in [0.29, 0.717) is 18.5 Å². The number of ether oxygens (including phenoxy) is 4. The van der Waals surface area contributed by atoms with Gasteiger partial charge >= 0.3 is 6.16 Å². The molecule has 0 saturated carbocycles. The van der Waals surface area contributed by atoms with Crippen LogP contribution < -0.4 is 5.73 Å². The molecule has 30 heavy (non-hydrogen) atoms. The highest BCUT2D eigenvalue weighted by molar-refractivity contribution is 5.66. The number of aliphatic hydroxyl groups excluding tert-OH is 2. The molecule has 1 fully saturated rings. The van der Waals surface area contributed by atoms with Crippen molar-refractivity contribution < 1.29 is 34.0 Å². The second-order valence-corrected chi connectivity index (χ2v) is 6.87. The molecule has 162 valence electrons. The number of carbonyl (C=O) groups is 1. The first-order chi connectivity index (χ1) is 14.3. The number of hydrogen-bond acceptors (Lipinski definition) is 11. The van der Waals surface area contributed by atoms with Crippen molar-refractivity contribution in [3.8, 4) is 6.07 Å². The van der Waals surface area contributed by atoms with Crippen LogP contribution in [0.25, 0.3) is 5.52 Å². The van der Waals surface area contributed by atoms with Crippen LogP contribution in [0.1, 0.15) is 19.0 Å². The first-order valence-electron chi connectivity index (χ1n) is 9.20. The van der Waals surface area contributed by atoms with Crippen molar-refractivity contribution in [2.75, 3.05) is 26.1 Å². The van der Waals surface area contributed by atoms with Crippen molar-refractivity contribution in [1.29, 1.82) is 5.26 Å². The van der Waals surface area contributed by atoms with Crippen LogP contribution in [0.15, 0.2) is 18.5 Å². The number of fused-ring (bicyclic) bond motifs is 1. The number of nitriles is 1. The Hall–Kier alpha value is -2.98. The van der Waals surface area contributed by atoms with Gasteiger partial charge in [0, 0.05) is 20.1 Å². The lowest BCUT2D eigenvalue weighted by Gasteiger charge is -2.24. The SMILES string of the molecule is COCC[C@H](C)OC(=O)OC[C@H]1O[C@@](C#N)(c2ccc3c(N)ncnn23)[C@H](O)[C@@H]1O. The molecule has 0 unspecified atom stereocenters. The van der Waals surface area contributed by atoms with Crippen LogP contribution in [-0.2, 0) is 24.5 Å². The van der Waals surface area contributed by atoms with E-state index in [0.717, 1.165) is 0 Å². The first-order valence-corrected chi connectivity index (χ1v) is 9.20. The number of anilines is 1. The topological polar surface area (TPSA) is 174 Å². The third kappa shape index (κ3) is 3.88. The Balaban J connectivity index is 1.74. The molecule has 0 bridgehead atoms. The van der Waals surface area contributed by atoms with Gasteiger partial charge in [-0.25, -0.2) is 14.3 Å². The summed E-state index contributed by atoms with van der Waals surface area (Å²) in [7, 11) is 1.53. The fourth-order valence-corrected chi connectivity index (χ4v) is 3.24. The molecule has 4 N–H and O–H groups in total. The minimum Gasteiger partial charge on any atom is -0.431 e. The van der Waals surface area contributed by atoms with E-state index in [9.17, 15) is 20.3 Å². The van der Waals surface area contributed by atoms with Gasteiger partial charge in [0.2, 0.25) is 5.60 Å². The monoisotopic (exact) mass is 421 g/mol. The summed E-state index contributed by atoms with van der Waals surface area (Å²) in [4.78, 5) is 15.7. The number of methoxy groups -OCH3 is 1. The minimum absolute atomic E-state index is 0.152. The van der Waals surface area contributed by atoms with Gasteiger partial charge in [0.1, 0.15) is 48.9 Å². The summed E-state index contributed by atoms with van der Waals surface area (Å²) >= 11 is 0. The van der Waals surface area contributed by atoms with Crippen LogP contribution in [0.2, 0.25) is 0 Å². The fourth-order valence-electron chi connectivity index (χ4n) is 3.24. The van der Waals surface area contributed by atoms with E-state index in [1.807, 2.05) is 6.07 Å². The van der Waals surface area contributed by atoms with E-state index < -0.39 is 42.8 Å². The Morgan fingerprint density at radius 3 is 2.97 bits per heavy atom. The number of aliphatic hydroxyl groups is 2. The van der Waals surface area contributed by atoms with Crippen molar-refractivity contribution in [2.24, 2.45) is 0 Å². The number of hydrogen-bond donors (Lipinski definition) is 3. The van der Waals surface area contributed by atoms with Gasteiger partial charge in [-0.15, -0.1) is 0 Å². The smallest absolute Gasteiger partial charge is 0.431 e. The molecule has 1 aliphatic heterocycles. The Morgan fingerprint density at radius 2 is 2.27 bits per heavy atom. The lowest BCUT2D eigenvalue weighted by molar-refractivity contribution is -0.0748. The van der Waals surface area contributed by atoms with E-state index in [1.165, 1.54) is 24.0 Å². The van der Waals surface area contributed by atoms with Gasteiger partial charge in [0.05, 0.1) is 5.69 Å². The summed E-state index contributed by atoms with van der Waals surface area (Å²) in [5, 5.41) is 34.9. The van der Waals surface area contributed by atoms with Crippen LogP contribution in [-0.4, -0.2) is 75.7 Å². The number of rotatable bonds is 7. The maximum Gasteiger partial charge on any atom is 0.508 e. The van der Waals surface area contributed by atoms with Gasteiger partial charge in [-0.1, -0.05) is 0 Å². The second-order valence-electron chi connectivity index (χ2n) is 6.87. The molecule has 2 aromatic rings. The largest absolute Gasteiger partial charge is 0.508 e. The Labute approximate surface area is 171 Å². The minimum atomic E-state index is -1.96. The highest BCUT2D eigenvalue weighted by Gasteiger charge is 2.57. The summed E-state index contributed by atoms with van der Waals surface area (Å²) in [5.41, 5.74) is 4.40. The molecule has 0 spiro atoms. The van der Waals surface area contributed by atoms with Crippen molar-refractivity contribution in [2.45, 2.75) is 43.4 Å². The quantitative estimate of drug-likeness (QED) is 0.502. The van der Waals surface area contributed by atoms with Crippen molar-refractivity contribution in [3.05, 3.63) is 24.2 Å². The van der Waals surface area contributed by atoms with Gasteiger partial charge in [-0.2, -0.15) is 10.4 Å². The molecule has 5 atom stereocenters. The summed E-state index contributed by atoms with van der Waals surface area (Å²) in [6.45, 7) is 1.66. The number of aromatic nitrogens is 3. The van der Waals surface area contributed by atoms with Gasteiger partial charge in [-0.05, 0) is 19.1 Å². The summed E-state index contributed by atoms with van der Waals surface area (Å²) in [6.07, 6.45) is -4.05. The molecule has 2 aromatic heterocycles. The van der Waals surface area contributed by atoms with Crippen LogP contribution in [0, 0.1) is 11.3 Å². The van der Waals surface area contributed by atoms with Crippen LogP contribution in [0.4, 0.5) is 10.6 Å². The maximum atomic E-state index is 11.8. The van der Waals surface area contributed by atoms with E-state index in [-0.39, 0.29) is 11.5 Å². The fraction of sp³-hybridized carbons (Fsp3) is 0.556. The van der Waals surface area contributed by atoms with Crippen LogP contribution in [0.5, 0.6) is 0 Å². The van der Waals surface area contributed by atoms with Gasteiger partial charge in [0.15, 0.2) is 5.82 Å². The average molecular weight is 421 g/mol. The third-order valence-corrected chi connectivity index (χ3v) is 4.88. The van der Waals surface area contributed by atoms with Crippen molar-refractivity contribution in [1.82, 2.24) is 14.6 Å². The molecule has 0 radical (unpaired) electrons. The van der Waals surface area contributed by atoms with Gasteiger partial charge < -0.3 is 34.9 Å². The van der Waals surface area contributed by atoms with Crippen molar-refractivity contribution in [3.63, 3.8) is 0 Å². The van der Waals surface area contributed by atoms with Crippen LogP contribution in [0.3, 0.4) is 0 Å². The lowest BCUT2D eigenvalue weighted by atomic mass is 9.92. The third-order valence-electron chi connectivity index (χ3n) is 4.88. The molecular formula is C18H23N5O7. The molecule has 0 aliphatic carbocycles. The molecule has 1 aliphatic rings. The summed E-state index contributed by atoms with van der Waals surface area (Å²) < 4.78 is 22.0. The molecule has 3 rings (SSSR count). The molecule has 3 heterocycles. The average Bonchev–Trinajstić information content (AvgIpc) is 3.27. The molecule has 1 saturated heterocycles. The summed E-state index contributed by atoms with van der Waals surface area (Å²) in [5.74, 6) is 0.169. The second kappa shape index (κ2) is 8.80. The molecule has 12 heteroatoms. The Bertz CT molecular complexity index is 945. The molecule has 12 nitrogen and oxygen atoms in total. The standard InChI is InChI=1S/C18H23N5O7/c1-10(5-6-27-2)29-17(26)28-7-12-14(24)15(25)18(8-19,30-12)13-4-3-11-16(20)21-9-22-23(11)13/h3-4,9-10,12,14-15,24-25H,5-7H2,1-2H3,(H2,20,21,22)/t10-,12+,14+,15+,18-/m0/s1. The van der Waals surface area contributed by atoms with Gasteiger partial charge in [0.25, 0.3) is 0 Å². The molecule has 0 aromatic carbocycles. The van der Waals surface area contributed by atoms with E-state index in [1.54, 1.807) is 13.0 Å². The highest BCUT2D eigenvalue weighted by atomic mass is 16.7. The predicted molar refractivity (Wildman–Crippen MR) is 100.0 cm³/mol. The summed E-state index contributed by atoms with van der Waals surface area (Å²) in [6, 6.07) is 4.96. The molecular weight excluding hydrogens is 398 g/mol. The Kier molecular flexibility index (Phi) is 6.37. The number of nitrogen functional groups attached to an aromatic ring is 1. The Morgan fingerprint density at radius 1 is 1.50 bits per heavy atom. The normalized spacial score (nSPS) is 27.0. The van der Waals surface area contributed by atoms with E-state index in [4.69, 9.17) is 24.7 Å². The van der Waals surface area contributed by atoms with Crippen LogP contribution >= 0.6 is 0 Å². The van der Waals surface area contributed by atoms with Gasteiger partial charge in [-0.3, -0.25) is 0 Å². The number of carbonyl (C=O) groups excluding carboxylic acids is 1. The van der Waals surface area contributed by atoms with Crippen molar-refractivity contribution >= 4 is 17.5 Å². The number of nitrogens with two attached hydrogens (primary N) is 1. The predicted octanol–water partition coefficient (Wildman–Crippen LogP) is -0.271. The van der Waals surface area contributed by atoms with E-state index in [2.05, 4.69) is 10.1 Å². The van der Waals surface area contributed by atoms with E-state index >= 15 is 0 Å². The zero-order valence-corrected chi connectivity index (χ0v) is 16.5. The zero-order chi connectivity index (χ0) is 21.9. The lowest BCUT2D eigenvalue weighted by Crippen LogP contribution is -2.41. The first kappa shape index (κ1) is 21.7. The molecule has 0 amide bonds. The maximum absolute atomic E-state index is 11.8. The zero-order valence-electron chi connectivity index (χ0n) is 16.5. The number of nitrogens with zero attached hydrogens (tertiary/aromatic N) is 4.